The summed E-state index contributed by atoms with van der Waals surface area (Å²) in [7, 11) is 0. The van der Waals surface area contributed by atoms with Gasteiger partial charge in [-0.05, 0) is 25.5 Å². The molecule has 0 aliphatic rings. The van der Waals surface area contributed by atoms with E-state index < -0.39 is 5.97 Å². The molecule has 6 nitrogen and oxygen atoms in total. The molecule has 0 saturated carbocycles. The zero-order valence-corrected chi connectivity index (χ0v) is 12.3. The van der Waals surface area contributed by atoms with Crippen molar-refractivity contribution < 1.29 is 24.2 Å². The number of ether oxygens (including phenoxy) is 2. The Morgan fingerprint density at radius 2 is 2.00 bits per heavy atom. The number of nitrogens with one attached hydrogen (secondary N) is 1. The lowest BCUT2D eigenvalue weighted by Gasteiger charge is -2.10. The highest BCUT2D eigenvalue weighted by atomic mass is 16.5. The summed E-state index contributed by atoms with van der Waals surface area (Å²) in [4.78, 5) is 21.7. The molecule has 2 N–H and O–H groups in total. The predicted molar refractivity (Wildman–Crippen MR) is 77.5 cm³/mol. The number of aryl methyl sites for hydroxylation is 2. The molecular formula is C15H21NO5. The number of benzene rings is 1. The van der Waals surface area contributed by atoms with Crippen LogP contribution in [0, 0.1) is 13.8 Å². The summed E-state index contributed by atoms with van der Waals surface area (Å²) >= 11 is 0. The van der Waals surface area contributed by atoms with Gasteiger partial charge in [0.2, 0.25) is 5.91 Å². The van der Waals surface area contributed by atoms with Gasteiger partial charge in [0.15, 0.2) is 0 Å². The lowest BCUT2D eigenvalue weighted by atomic mass is 10.1. The van der Waals surface area contributed by atoms with E-state index in [-0.39, 0.29) is 32.1 Å². The highest BCUT2D eigenvalue weighted by molar-refractivity contribution is 5.76. The molecule has 0 fully saturated rings. The Morgan fingerprint density at radius 3 is 2.67 bits per heavy atom. The minimum Gasteiger partial charge on any atom is -0.493 e. The summed E-state index contributed by atoms with van der Waals surface area (Å²) in [6.45, 7) is 4.38. The molecule has 0 aliphatic carbocycles. The Hall–Kier alpha value is -2.08. The molecule has 0 bridgehead atoms. The predicted octanol–water partition coefficient (Wildman–Crippen LogP) is 1.29. The Morgan fingerprint density at radius 1 is 1.24 bits per heavy atom. The van der Waals surface area contributed by atoms with Gasteiger partial charge in [-0.3, -0.25) is 4.79 Å². The number of hydrogen-bond donors (Lipinski definition) is 2. The standard InChI is InChI=1S/C15H21NO5/c1-11-3-4-13(12(2)9-11)21-7-5-14(17)16-6-8-20-10-15(18)19/h3-4,9H,5-8,10H2,1-2H3,(H,16,17)(H,18,19). The van der Waals surface area contributed by atoms with E-state index in [0.717, 1.165) is 11.3 Å². The summed E-state index contributed by atoms with van der Waals surface area (Å²) in [6.07, 6.45) is 0.242. The molecule has 1 aromatic rings. The lowest BCUT2D eigenvalue weighted by molar-refractivity contribution is -0.142. The van der Waals surface area contributed by atoms with Crippen LogP contribution in [-0.4, -0.2) is 43.3 Å². The zero-order valence-electron chi connectivity index (χ0n) is 12.3. The van der Waals surface area contributed by atoms with E-state index in [2.05, 4.69) is 5.32 Å². The first kappa shape index (κ1) is 17.0. The fraction of sp³-hybridized carbons (Fsp3) is 0.467. The van der Waals surface area contributed by atoms with Crippen LogP contribution in [0.5, 0.6) is 5.75 Å². The average molecular weight is 295 g/mol. The van der Waals surface area contributed by atoms with Gasteiger partial charge in [-0.1, -0.05) is 17.7 Å². The lowest BCUT2D eigenvalue weighted by Crippen LogP contribution is -2.29. The average Bonchev–Trinajstić information content (AvgIpc) is 2.40. The maximum absolute atomic E-state index is 11.5. The molecule has 6 heteroatoms. The van der Waals surface area contributed by atoms with Crippen LogP contribution < -0.4 is 10.1 Å². The van der Waals surface area contributed by atoms with Crippen molar-refractivity contribution in [2.45, 2.75) is 20.3 Å². The van der Waals surface area contributed by atoms with E-state index in [9.17, 15) is 9.59 Å². The molecule has 0 spiro atoms. The largest absolute Gasteiger partial charge is 0.493 e. The van der Waals surface area contributed by atoms with E-state index in [1.807, 2.05) is 32.0 Å². The molecule has 1 rings (SSSR count). The minimum absolute atomic E-state index is 0.154. The molecule has 0 unspecified atom stereocenters. The number of carboxylic acids is 1. The van der Waals surface area contributed by atoms with Crippen LogP contribution >= 0.6 is 0 Å². The number of aliphatic carboxylic acids is 1. The van der Waals surface area contributed by atoms with Crippen LogP contribution in [0.4, 0.5) is 0 Å². The Bertz CT molecular complexity index is 487. The van der Waals surface area contributed by atoms with E-state index in [0.29, 0.717) is 6.61 Å². The topological polar surface area (TPSA) is 84.9 Å². The van der Waals surface area contributed by atoms with Crippen LogP contribution in [-0.2, 0) is 14.3 Å². The van der Waals surface area contributed by atoms with E-state index in [1.54, 1.807) is 0 Å². The van der Waals surface area contributed by atoms with Gasteiger partial charge in [-0.2, -0.15) is 0 Å². The first-order valence-electron chi connectivity index (χ1n) is 6.75. The van der Waals surface area contributed by atoms with Crippen molar-refractivity contribution in [1.82, 2.24) is 5.32 Å². The molecular weight excluding hydrogens is 274 g/mol. The second-order valence-corrected chi connectivity index (χ2v) is 4.66. The van der Waals surface area contributed by atoms with Crippen LogP contribution in [0.1, 0.15) is 17.5 Å². The van der Waals surface area contributed by atoms with Gasteiger partial charge >= 0.3 is 5.97 Å². The fourth-order valence-electron chi connectivity index (χ4n) is 1.73. The molecule has 1 amide bonds. The van der Waals surface area contributed by atoms with Crippen molar-refractivity contribution in [2.24, 2.45) is 0 Å². The molecule has 0 radical (unpaired) electrons. The van der Waals surface area contributed by atoms with Crippen LogP contribution in [0.25, 0.3) is 0 Å². The van der Waals surface area contributed by atoms with Crippen molar-refractivity contribution >= 4 is 11.9 Å². The molecule has 0 aliphatic heterocycles. The Labute approximate surface area is 124 Å². The molecule has 0 aromatic heterocycles. The molecule has 0 atom stereocenters. The molecule has 1 aromatic carbocycles. The molecule has 0 saturated heterocycles. The van der Waals surface area contributed by atoms with Gasteiger partial charge < -0.3 is 19.9 Å². The van der Waals surface area contributed by atoms with Crippen molar-refractivity contribution in [3.63, 3.8) is 0 Å². The first-order valence-corrected chi connectivity index (χ1v) is 6.75. The van der Waals surface area contributed by atoms with E-state index >= 15 is 0 Å². The molecule has 21 heavy (non-hydrogen) atoms. The van der Waals surface area contributed by atoms with E-state index in [1.165, 1.54) is 5.56 Å². The van der Waals surface area contributed by atoms with Crippen LogP contribution in [0.3, 0.4) is 0 Å². The second kappa shape index (κ2) is 8.97. The number of amides is 1. The number of hydrogen-bond acceptors (Lipinski definition) is 4. The second-order valence-electron chi connectivity index (χ2n) is 4.66. The van der Waals surface area contributed by atoms with Gasteiger partial charge in [0.1, 0.15) is 12.4 Å². The summed E-state index contributed by atoms with van der Waals surface area (Å²) in [5.74, 6) is -0.403. The third-order valence-electron chi connectivity index (χ3n) is 2.71. The number of carbonyl (C=O) groups excluding carboxylic acids is 1. The fourth-order valence-corrected chi connectivity index (χ4v) is 1.73. The minimum atomic E-state index is -1.02. The first-order chi connectivity index (χ1) is 9.99. The molecule has 0 heterocycles. The van der Waals surface area contributed by atoms with Crippen molar-refractivity contribution in [3.8, 4) is 5.75 Å². The maximum atomic E-state index is 11.5. The smallest absolute Gasteiger partial charge is 0.329 e. The van der Waals surface area contributed by atoms with Gasteiger partial charge in [0.25, 0.3) is 0 Å². The summed E-state index contributed by atoms with van der Waals surface area (Å²) in [6, 6.07) is 5.87. The number of carbonyl (C=O) groups is 2. The third-order valence-corrected chi connectivity index (χ3v) is 2.71. The van der Waals surface area contributed by atoms with Gasteiger partial charge in [-0.25, -0.2) is 4.79 Å². The van der Waals surface area contributed by atoms with Crippen molar-refractivity contribution in [1.29, 1.82) is 0 Å². The van der Waals surface area contributed by atoms with Crippen molar-refractivity contribution in [2.75, 3.05) is 26.4 Å². The van der Waals surface area contributed by atoms with Gasteiger partial charge in [0, 0.05) is 6.54 Å². The normalized spacial score (nSPS) is 10.2. The number of carboxylic acid groups (broad SMARTS) is 1. The maximum Gasteiger partial charge on any atom is 0.329 e. The zero-order chi connectivity index (χ0) is 15.7. The number of rotatable bonds is 9. The molecule has 116 valence electrons. The summed E-state index contributed by atoms with van der Waals surface area (Å²) in [5.41, 5.74) is 2.21. The van der Waals surface area contributed by atoms with Crippen LogP contribution in [0.15, 0.2) is 18.2 Å². The Balaban J connectivity index is 2.14. The van der Waals surface area contributed by atoms with Crippen LogP contribution in [0.2, 0.25) is 0 Å². The monoisotopic (exact) mass is 295 g/mol. The SMILES string of the molecule is Cc1ccc(OCCC(=O)NCCOCC(=O)O)c(C)c1. The third kappa shape index (κ3) is 7.31. The summed E-state index contributed by atoms with van der Waals surface area (Å²) in [5, 5.41) is 11.0. The quantitative estimate of drug-likeness (QED) is 0.671. The van der Waals surface area contributed by atoms with E-state index in [4.69, 9.17) is 14.6 Å². The summed E-state index contributed by atoms with van der Waals surface area (Å²) < 4.78 is 10.4. The van der Waals surface area contributed by atoms with Gasteiger partial charge in [0.05, 0.1) is 19.6 Å². The van der Waals surface area contributed by atoms with Gasteiger partial charge in [-0.15, -0.1) is 0 Å². The van der Waals surface area contributed by atoms with Crippen molar-refractivity contribution in [3.05, 3.63) is 29.3 Å². The highest BCUT2D eigenvalue weighted by Gasteiger charge is 2.04. The highest BCUT2D eigenvalue weighted by Crippen LogP contribution is 2.18. The Kier molecular flexibility index (Phi) is 7.25.